The number of imide groups is 1. The minimum absolute atomic E-state index is 0.0252. The molecule has 0 saturated carbocycles. The highest BCUT2D eigenvalue weighted by molar-refractivity contribution is 6.22. The molecule has 4 rings (SSSR count). The number of benzene rings is 2. The lowest BCUT2D eigenvalue weighted by Gasteiger charge is -2.22. The Hall–Kier alpha value is -3.88. The van der Waals surface area contributed by atoms with Gasteiger partial charge in [-0.25, -0.2) is 9.18 Å². The van der Waals surface area contributed by atoms with E-state index in [4.69, 9.17) is 9.15 Å². The summed E-state index contributed by atoms with van der Waals surface area (Å²) in [5, 5.41) is 7.72. The predicted octanol–water partition coefficient (Wildman–Crippen LogP) is 3.16. The quantitative estimate of drug-likeness (QED) is 0.471. The Morgan fingerprint density at radius 2 is 1.60 bits per heavy atom. The monoisotopic (exact) mass is 409 g/mol. The van der Waals surface area contributed by atoms with E-state index >= 15 is 0 Å². The number of ether oxygens (including phenoxy) is 1. The normalized spacial score (nSPS) is 15.1. The Labute approximate surface area is 170 Å². The highest BCUT2D eigenvalue weighted by atomic mass is 19.1. The van der Waals surface area contributed by atoms with Crippen LogP contribution in [0.1, 0.15) is 46.6 Å². The van der Waals surface area contributed by atoms with Crippen molar-refractivity contribution in [1.82, 2.24) is 15.1 Å². The van der Waals surface area contributed by atoms with Crippen molar-refractivity contribution >= 4 is 17.8 Å². The number of carbonyl (C=O) groups excluding carboxylic acids is 3. The van der Waals surface area contributed by atoms with Gasteiger partial charge in [0.15, 0.2) is 6.10 Å². The van der Waals surface area contributed by atoms with E-state index in [0.717, 1.165) is 4.90 Å². The van der Waals surface area contributed by atoms with Crippen molar-refractivity contribution in [3.63, 3.8) is 0 Å². The number of nitrogens with zero attached hydrogens (tertiary/aromatic N) is 3. The Morgan fingerprint density at radius 1 is 1.00 bits per heavy atom. The molecule has 3 aromatic rings. The van der Waals surface area contributed by atoms with E-state index in [9.17, 15) is 18.8 Å². The lowest BCUT2D eigenvalue weighted by Crippen LogP contribution is -2.43. The summed E-state index contributed by atoms with van der Waals surface area (Å²) in [7, 11) is 0. The molecule has 2 amide bonds. The van der Waals surface area contributed by atoms with Gasteiger partial charge in [0.2, 0.25) is 5.89 Å². The van der Waals surface area contributed by atoms with Crippen LogP contribution in [0, 0.1) is 5.82 Å². The lowest BCUT2D eigenvalue weighted by atomic mass is 10.1. The molecule has 2 heterocycles. The van der Waals surface area contributed by atoms with Crippen LogP contribution >= 0.6 is 0 Å². The summed E-state index contributed by atoms with van der Waals surface area (Å²) in [6, 6.07) is 10.7. The first kappa shape index (κ1) is 19.4. The first-order valence-electron chi connectivity index (χ1n) is 9.13. The molecule has 2 atom stereocenters. The zero-order valence-electron chi connectivity index (χ0n) is 16.0. The number of hydrogen-bond donors (Lipinski definition) is 0. The maximum atomic E-state index is 13.0. The number of hydrogen-bond acceptors (Lipinski definition) is 7. The molecule has 1 aliphatic rings. The van der Waals surface area contributed by atoms with Gasteiger partial charge in [-0.1, -0.05) is 12.1 Å². The fourth-order valence-electron chi connectivity index (χ4n) is 3.10. The second-order valence-corrected chi connectivity index (χ2v) is 6.73. The molecular formula is C21H16FN3O5. The number of amides is 2. The van der Waals surface area contributed by atoms with E-state index in [1.54, 1.807) is 12.1 Å². The SMILES string of the molecule is C[C@H](C(=O)O[C@H](C)c1nnc(-c2ccc(F)cc2)o1)N1C(=O)c2ccccc2C1=O. The van der Waals surface area contributed by atoms with Crippen LogP contribution in [-0.4, -0.2) is 38.9 Å². The topological polar surface area (TPSA) is 103 Å². The van der Waals surface area contributed by atoms with Gasteiger partial charge in [-0.2, -0.15) is 0 Å². The van der Waals surface area contributed by atoms with E-state index in [0.29, 0.717) is 5.56 Å². The van der Waals surface area contributed by atoms with Crippen LogP contribution in [0.15, 0.2) is 52.9 Å². The van der Waals surface area contributed by atoms with Crippen molar-refractivity contribution in [2.45, 2.75) is 26.0 Å². The summed E-state index contributed by atoms with van der Waals surface area (Å²) in [4.78, 5) is 38.5. The zero-order chi connectivity index (χ0) is 21.4. The van der Waals surface area contributed by atoms with Crippen LogP contribution in [0.4, 0.5) is 4.39 Å². The van der Waals surface area contributed by atoms with Gasteiger partial charge in [0.05, 0.1) is 11.1 Å². The average molecular weight is 409 g/mol. The summed E-state index contributed by atoms with van der Waals surface area (Å²) in [6.07, 6.45) is -0.920. The molecule has 8 nitrogen and oxygen atoms in total. The summed E-state index contributed by atoms with van der Waals surface area (Å²) >= 11 is 0. The van der Waals surface area contributed by atoms with Crippen LogP contribution < -0.4 is 0 Å². The summed E-state index contributed by atoms with van der Waals surface area (Å²) in [5.41, 5.74) is 1.00. The molecule has 0 aliphatic carbocycles. The van der Waals surface area contributed by atoms with Gasteiger partial charge in [0.25, 0.3) is 17.7 Å². The fraction of sp³-hybridized carbons (Fsp3) is 0.190. The van der Waals surface area contributed by atoms with Crippen molar-refractivity contribution in [3.05, 3.63) is 71.4 Å². The van der Waals surface area contributed by atoms with Crippen LogP contribution in [0.3, 0.4) is 0 Å². The molecule has 0 bridgehead atoms. The Bertz CT molecular complexity index is 1110. The van der Waals surface area contributed by atoms with Crippen LogP contribution in [0.5, 0.6) is 0 Å². The number of fused-ring (bicyclic) bond motifs is 1. The molecule has 1 aliphatic heterocycles. The standard InChI is InChI=1S/C21H16FN3O5/c1-11(25-19(26)15-5-3-4-6-16(15)20(25)27)21(28)29-12(2)17-23-24-18(30-17)13-7-9-14(22)10-8-13/h3-12H,1-2H3/t11-,12-/m1/s1. The maximum absolute atomic E-state index is 13.0. The predicted molar refractivity (Wildman–Crippen MR) is 101 cm³/mol. The molecule has 0 N–H and O–H groups in total. The highest BCUT2D eigenvalue weighted by Gasteiger charge is 2.41. The van der Waals surface area contributed by atoms with Gasteiger partial charge in [0, 0.05) is 5.56 Å². The summed E-state index contributed by atoms with van der Waals surface area (Å²) < 4.78 is 23.9. The Kier molecular flexibility index (Phi) is 4.86. The smallest absolute Gasteiger partial charge is 0.329 e. The molecule has 0 fully saturated rings. The van der Waals surface area contributed by atoms with Gasteiger partial charge in [-0.05, 0) is 50.2 Å². The van der Waals surface area contributed by atoms with Gasteiger partial charge in [-0.3, -0.25) is 14.5 Å². The van der Waals surface area contributed by atoms with E-state index < -0.39 is 35.7 Å². The molecular weight excluding hydrogens is 393 g/mol. The van der Waals surface area contributed by atoms with Crippen molar-refractivity contribution < 1.29 is 27.9 Å². The van der Waals surface area contributed by atoms with Gasteiger partial charge in [0.1, 0.15) is 11.9 Å². The first-order chi connectivity index (χ1) is 14.4. The number of carbonyl (C=O) groups is 3. The van der Waals surface area contributed by atoms with Crippen molar-refractivity contribution in [2.24, 2.45) is 0 Å². The molecule has 152 valence electrons. The number of rotatable bonds is 5. The van der Waals surface area contributed by atoms with Crippen LogP contribution in [0.2, 0.25) is 0 Å². The van der Waals surface area contributed by atoms with E-state index in [2.05, 4.69) is 10.2 Å². The molecule has 1 aromatic heterocycles. The van der Waals surface area contributed by atoms with Gasteiger partial charge >= 0.3 is 5.97 Å². The molecule has 30 heavy (non-hydrogen) atoms. The number of halogens is 1. The minimum atomic E-state index is -1.14. The zero-order valence-corrected chi connectivity index (χ0v) is 16.0. The van der Waals surface area contributed by atoms with Crippen molar-refractivity contribution in [2.75, 3.05) is 0 Å². The van der Waals surface area contributed by atoms with Crippen molar-refractivity contribution in [3.8, 4) is 11.5 Å². The Balaban J connectivity index is 1.46. The van der Waals surface area contributed by atoms with E-state index in [1.165, 1.54) is 50.2 Å². The third-order valence-electron chi connectivity index (χ3n) is 4.73. The lowest BCUT2D eigenvalue weighted by molar-refractivity contribution is -0.153. The third-order valence-corrected chi connectivity index (χ3v) is 4.73. The molecule has 2 aromatic carbocycles. The summed E-state index contributed by atoms with van der Waals surface area (Å²) in [6.45, 7) is 2.93. The fourth-order valence-corrected chi connectivity index (χ4v) is 3.10. The third kappa shape index (κ3) is 3.34. The van der Waals surface area contributed by atoms with Gasteiger partial charge in [-0.15, -0.1) is 10.2 Å². The van der Waals surface area contributed by atoms with Crippen LogP contribution in [0.25, 0.3) is 11.5 Å². The summed E-state index contributed by atoms with van der Waals surface area (Å²) in [5.74, 6) is -2.13. The van der Waals surface area contributed by atoms with E-state index in [1.807, 2.05) is 0 Å². The number of esters is 1. The minimum Gasteiger partial charge on any atom is -0.451 e. The van der Waals surface area contributed by atoms with Gasteiger partial charge < -0.3 is 9.15 Å². The average Bonchev–Trinajstić information content (AvgIpc) is 3.33. The maximum Gasteiger partial charge on any atom is 0.329 e. The largest absolute Gasteiger partial charge is 0.451 e. The Morgan fingerprint density at radius 3 is 2.20 bits per heavy atom. The van der Waals surface area contributed by atoms with Crippen LogP contribution in [-0.2, 0) is 9.53 Å². The molecule has 0 saturated heterocycles. The highest BCUT2D eigenvalue weighted by Crippen LogP contribution is 2.27. The molecule has 9 heteroatoms. The first-order valence-corrected chi connectivity index (χ1v) is 9.13. The molecule has 0 radical (unpaired) electrons. The second kappa shape index (κ2) is 7.51. The second-order valence-electron chi connectivity index (χ2n) is 6.73. The number of aromatic nitrogens is 2. The van der Waals surface area contributed by atoms with Crippen molar-refractivity contribution in [1.29, 1.82) is 0 Å². The molecule has 0 spiro atoms. The molecule has 0 unspecified atom stereocenters. The van der Waals surface area contributed by atoms with E-state index in [-0.39, 0.29) is 22.9 Å².